The molecule has 15 nitrogen and oxygen atoms in total. The van der Waals surface area contributed by atoms with Crippen molar-refractivity contribution in [1.82, 2.24) is 14.7 Å². The summed E-state index contributed by atoms with van der Waals surface area (Å²) in [5.41, 5.74) is 6.72. The highest BCUT2D eigenvalue weighted by Crippen LogP contribution is 2.41. The Morgan fingerprint density at radius 3 is 1.14 bits per heavy atom. The number of esters is 3. The Kier molecular flexibility index (Phi) is 25.9. The predicted molar refractivity (Wildman–Crippen MR) is 334 cm³/mol. The van der Waals surface area contributed by atoms with Crippen LogP contribution in [0.25, 0.3) is 0 Å². The lowest BCUT2D eigenvalue weighted by Crippen LogP contribution is -2.40. The quantitative estimate of drug-likeness (QED) is 0.0495. The molecule has 0 spiro atoms. The maximum absolute atomic E-state index is 13.9. The zero-order valence-electron chi connectivity index (χ0n) is 50.6. The van der Waals surface area contributed by atoms with E-state index in [1.54, 1.807) is 155 Å². The van der Waals surface area contributed by atoms with Crippen LogP contribution in [0.15, 0.2) is 179 Å². The van der Waals surface area contributed by atoms with Crippen molar-refractivity contribution in [2.24, 2.45) is 0 Å². The maximum Gasteiger partial charge on any atom is 0.336 e. The van der Waals surface area contributed by atoms with Gasteiger partial charge < -0.3 is 43.1 Å². The van der Waals surface area contributed by atoms with Crippen LogP contribution in [0.3, 0.4) is 0 Å². The lowest BCUT2D eigenvalue weighted by molar-refractivity contribution is -0.143. The second kappa shape index (κ2) is 33.6. The van der Waals surface area contributed by atoms with Gasteiger partial charge in [0, 0.05) is 116 Å². The van der Waals surface area contributed by atoms with Crippen molar-refractivity contribution in [3.05, 3.63) is 245 Å². The molecule has 3 heterocycles. The van der Waals surface area contributed by atoms with Gasteiger partial charge in [-0.15, -0.1) is 0 Å². The van der Waals surface area contributed by atoms with E-state index in [2.05, 4.69) is 0 Å². The van der Waals surface area contributed by atoms with Crippen molar-refractivity contribution in [3.8, 4) is 0 Å². The molecule has 0 aromatic heterocycles. The minimum Gasteiger partial charge on any atom is -0.457 e. The number of nitrogens with zero attached hydrogens (tertiary/aromatic N) is 3. The molecule has 6 aromatic rings. The molecule has 90 heavy (non-hydrogen) atoms. The van der Waals surface area contributed by atoms with Gasteiger partial charge in [-0.1, -0.05) is 114 Å². The molecule has 0 N–H and O–H groups in total. The lowest BCUT2D eigenvalue weighted by atomic mass is 9.83. The number of halogens is 6. The highest BCUT2D eigenvalue weighted by Gasteiger charge is 2.40. The van der Waals surface area contributed by atoms with Crippen molar-refractivity contribution in [2.45, 2.75) is 77.6 Å². The summed E-state index contributed by atoms with van der Waals surface area (Å²) in [4.78, 5) is 82.2. The first-order valence-corrected chi connectivity index (χ1v) is 29.9. The van der Waals surface area contributed by atoms with E-state index >= 15 is 0 Å². The SMILES string of the molecule is COCCN1C(=O)CC(c2ccc(Cl)cc2)C(C(=O)OCc2ccc(F)cc2)=C1C.COCCN1C(=O)CC(c2ccc(Cl)cc2)C(C(=O)OCc2cccc(F)c2)=C1C.COCCN1C(=O)CC(c2ccc(Cl)cc2)C(C(=O)OCc2ccccc2F)=C1C. The molecule has 3 aliphatic heterocycles. The van der Waals surface area contributed by atoms with Crippen LogP contribution >= 0.6 is 34.8 Å². The third-order valence-corrected chi connectivity index (χ3v) is 16.1. The van der Waals surface area contributed by atoms with Gasteiger partial charge in [0.05, 0.1) is 36.5 Å². The molecule has 3 aliphatic rings. The summed E-state index contributed by atoms with van der Waals surface area (Å²) in [5.74, 6) is -4.45. The van der Waals surface area contributed by atoms with Crippen molar-refractivity contribution in [3.63, 3.8) is 0 Å². The highest BCUT2D eigenvalue weighted by molar-refractivity contribution is 6.31. The summed E-state index contributed by atoms with van der Waals surface area (Å²) < 4.78 is 72.2. The minimum absolute atomic E-state index is 0.00918. The van der Waals surface area contributed by atoms with E-state index in [1.807, 2.05) is 12.1 Å². The van der Waals surface area contributed by atoms with Gasteiger partial charge in [-0.3, -0.25) is 14.4 Å². The van der Waals surface area contributed by atoms with Crippen LogP contribution in [0.1, 0.15) is 91.2 Å². The van der Waals surface area contributed by atoms with Gasteiger partial charge in [0.15, 0.2) is 0 Å². The molecule has 0 radical (unpaired) electrons. The minimum atomic E-state index is -0.578. The second-order valence-corrected chi connectivity index (χ2v) is 22.4. The van der Waals surface area contributed by atoms with Gasteiger partial charge in [-0.25, -0.2) is 27.6 Å². The monoisotopic (exact) mass is 1290 g/mol. The van der Waals surface area contributed by atoms with Crippen LogP contribution in [0.5, 0.6) is 0 Å². The molecule has 0 saturated carbocycles. The number of hydrogen-bond acceptors (Lipinski definition) is 12. The van der Waals surface area contributed by atoms with Crippen molar-refractivity contribution >= 4 is 70.4 Å². The van der Waals surface area contributed by atoms with E-state index in [-0.39, 0.29) is 68.2 Å². The molecular weight excluding hydrogens is 1230 g/mol. The van der Waals surface area contributed by atoms with Gasteiger partial charge in [0.1, 0.15) is 37.3 Å². The Morgan fingerprint density at radius 1 is 0.433 bits per heavy atom. The van der Waals surface area contributed by atoms with E-state index in [4.69, 9.17) is 63.2 Å². The topological polar surface area (TPSA) is 168 Å². The fourth-order valence-corrected chi connectivity index (χ4v) is 11.0. The zero-order valence-corrected chi connectivity index (χ0v) is 52.8. The van der Waals surface area contributed by atoms with Crippen LogP contribution in [-0.2, 0) is 77.0 Å². The van der Waals surface area contributed by atoms with Crippen molar-refractivity contribution < 1.29 is 70.4 Å². The van der Waals surface area contributed by atoms with E-state index in [0.29, 0.717) is 99.5 Å². The van der Waals surface area contributed by atoms with Gasteiger partial charge in [0.25, 0.3) is 0 Å². The Hall–Kier alpha value is -8.10. The molecule has 0 bridgehead atoms. The third kappa shape index (κ3) is 18.5. The summed E-state index contributed by atoms with van der Waals surface area (Å²) >= 11 is 18.0. The number of benzene rings is 6. The Labute approximate surface area is 536 Å². The first kappa shape index (κ1) is 69.4. The molecule has 6 aromatic carbocycles. The van der Waals surface area contributed by atoms with E-state index in [1.165, 1.54) is 35.2 Å². The average Bonchev–Trinajstić information content (AvgIpc) is 0.844. The highest BCUT2D eigenvalue weighted by atomic mass is 35.5. The van der Waals surface area contributed by atoms with Gasteiger partial charge in [0.2, 0.25) is 17.7 Å². The van der Waals surface area contributed by atoms with Crippen LogP contribution in [0.4, 0.5) is 13.2 Å². The molecule has 474 valence electrons. The average molecular weight is 1300 g/mol. The van der Waals surface area contributed by atoms with E-state index in [0.717, 1.165) is 16.7 Å². The lowest BCUT2D eigenvalue weighted by Gasteiger charge is -2.34. The van der Waals surface area contributed by atoms with Crippen molar-refractivity contribution in [1.29, 1.82) is 0 Å². The number of rotatable bonds is 21. The first-order valence-electron chi connectivity index (χ1n) is 28.7. The normalized spacial score (nSPS) is 16.7. The third-order valence-electron chi connectivity index (χ3n) is 15.4. The number of carbonyl (C=O) groups excluding carboxylic acids is 6. The van der Waals surface area contributed by atoms with Gasteiger partial charge >= 0.3 is 17.9 Å². The second-order valence-electron chi connectivity index (χ2n) is 21.1. The Morgan fingerprint density at radius 2 is 0.789 bits per heavy atom. The molecule has 3 unspecified atom stereocenters. The van der Waals surface area contributed by atoms with Gasteiger partial charge in [-0.2, -0.15) is 0 Å². The van der Waals surface area contributed by atoms with Crippen molar-refractivity contribution in [2.75, 3.05) is 60.8 Å². The zero-order chi connectivity index (χ0) is 65.0. The standard InChI is InChI=1S/3C23H23ClFNO4/c1-15-22(23(28)30-14-16-3-9-19(25)10-4-16)20(17-5-7-18(24)8-6-17)13-21(27)26(15)11-12-29-2;1-15-22(23(28)30-14-16-4-3-5-19(25)12-16)20(17-6-8-18(24)9-7-17)13-21(27)26(15)10-11-29-2;1-15-22(23(28)30-14-17-5-3-4-6-20(17)25)19(16-7-9-18(24)10-8-16)13-21(27)26(15)11-12-29-2/h3-10,20H,11-14H2,1-2H3;3-9,12,20H,10-11,13-14H2,1-2H3;3-10,19H,11-14H2,1-2H3. The van der Waals surface area contributed by atoms with Crippen LogP contribution in [0.2, 0.25) is 15.1 Å². The fraction of sp³-hybridized carbons (Fsp3) is 0.304. The summed E-state index contributed by atoms with van der Waals surface area (Å²) in [7, 11) is 4.66. The van der Waals surface area contributed by atoms with Gasteiger partial charge in [-0.05, 0) is 115 Å². The molecule has 3 amide bonds. The largest absolute Gasteiger partial charge is 0.457 e. The van der Waals surface area contributed by atoms with Crippen LogP contribution in [0, 0.1) is 17.5 Å². The predicted octanol–water partition coefficient (Wildman–Crippen LogP) is 13.4. The summed E-state index contributed by atoms with van der Waals surface area (Å²) in [6.07, 6.45) is 0.392. The molecule has 0 aliphatic carbocycles. The number of amides is 3. The molecular formula is C69H69Cl3F3N3O12. The summed E-state index contributed by atoms with van der Waals surface area (Å²) in [6.45, 7) is 7.01. The van der Waals surface area contributed by atoms with E-state index < -0.39 is 47.3 Å². The molecule has 0 fully saturated rings. The maximum atomic E-state index is 13.9. The number of allylic oxidation sites excluding steroid dienone is 3. The number of hydrogen-bond donors (Lipinski definition) is 0. The molecule has 9 rings (SSSR count). The fourth-order valence-electron chi connectivity index (χ4n) is 10.6. The Bertz CT molecular complexity index is 3600. The number of ether oxygens (including phenoxy) is 6. The Balaban J connectivity index is 0.000000192. The smallest absolute Gasteiger partial charge is 0.336 e. The molecule has 3 atom stereocenters. The summed E-state index contributed by atoms with van der Waals surface area (Å²) in [5, 5.41) is 1.70. The molecule has 0 saturated heterocycles. The number of methoxy groups -OCH3 is 3. The van der Waals surface area contributed by atoms with Crippen LogP contribution in [-0.4, -0.2) is 111 Å². The summed E-state index contributed by atoms with van der Waals surface area (Å²) in [6, 6.07) is 39.0. The van der Waals surface area contributed by atoms with E-state index in [9.17, 15) is 41.9 Å². The first-order chi connectivity index (χ1) is 43.2. The van der Waals surface area contributed by atoms with Crippen LogP contribution < -0.4 is 0 Å². The molecule has 21 heteroatoms. The number of carbonyl (C=O) groups is 6.